The smallest absolute Gasteiger partial charge is 0.271 e. The molecule has 0 atom stereocenters. The molecule has 0 aliphatic heterocycles. The molecule has 7 heteroatoms. The average molecular weight is 354 g/mol. The molecular formula is C19H16F2N4O. The summed E-state index contributed by atoms with van der Waals surface area (Å²) in [7, 11) is 0. The van der Waals surface area contributed by atoms with Crippen molar-refractivity contribution in [3.63, 3.8) is 0 Å². The molecule has 5 nitrogen and oxygen atoms in total. The summed E-state index contributed by atoms with van der Waals surface area (Å²) in [6, 6.07) is 10.9. The summed E-state index contributed by atoms with van der Waals surface area (Å²) in [6.45, 7) is 2.35. The summed E-state index contributed by atoms with van der Waals surface area (Å²) >= 11 is 0. The summed E-state index contributed by atoms with van der Waals surface area (Å²) < 4.78 is 26.5. The first-order chi connectivity index (χ1) is 12.5. The van der Waals surface area contributed by atoms with Crippen molar-refractivity contribution in [1.29, 1.82) is 0 Å². The van der Waals surface area contributed by atoms with Crippen LogP contribution in [0.15, 0.2) is 54.9 Å². The quantitative estimate of drug-likeness (QED) is 0.733. The molecule has 0 fully saturated rings. The molecule has 2 N–H and O–H groups in total. The summed E-state index contributed by atoms with van der Waals surface area (Å²) in [4.78, 5) is 20.2. The number of hydrogen-bond acceptors (Lipinski definition) is 4. The van der Waals surface area contributed by atoms with E-state index < -0.39 is 11.6 Å². The lowest BCUT2D eigenvalue weighted by Crippen LogP contribution is -2.24. The van der Waals surface area contributed by atoms with Crippen molar-refractivity contribution in [1.82, 2.24) is 15.3 Å². The van der Waals surface area contributed by atoms with E-state index in [0.29, 0.717) is 6.54 Å². The second-order valence-electron chi connectivity index (χ2n) is 5.65. The minimum absolute atomic E-state index is 0.0671. The number of carbonyl (C=O) groups excluding carboxylic acids is 1. The molecule has 1 amide bonds. The highest BCUT2D eigenvalue weighted by atomic mass is 19.1. The fourth-order valence-corrected chi connectivity index (χ4v) is 2.31. The van der Waals surface area contributed by atoms with Gasteiger partial charge >= 0.3 is 0 Å². The Morgan fingerprint density at radius 2 is 1.88 bits per heavy atom. The average Bonchev–Trinajstić information content (AvgIpc) is 2.64. The van der Waals surface area contributed by atoms with E-state index in [4.69, 9.17) is 0 Å². The van der Waals surface area contributed by atoms with Crippen LogP contribution >= 0.6 is 0 Å². The van der Waals surface area contributed by atoms with Crippen LogP contribution in [0.4, 0.5) is 20.3 Å². The number of amides is 1. The summed E-state index contributed by atoms with van der Waals surface area (Å²) in [5.74, 6) is -1.53. The van der Waals surface area contributed by atoms with Gasteiger partial charge in [0.25, 0.3) is 5.91 Å². The number of hydrogen-bond donors (Lipinski definition) is 2. The Morgan fingerprint density at radius 3 is 2.58 bits per heavy atom. The molecule has 1 heterocycles. The van der Waals surface area contributed by atoms with Crippen molar-refractivity contribution in [3.8, 4) is 0 Å². The molecule has 26 heavy (non-hydrogen) atoms. The van der Waals surface area contributed by atoms with Gasteiger partial charge in [0.1, 0.15) is 23.1 Å². The van der Waals surface area contributed by atoms with E-state index in [1.165, 1.54) is 18.5 Å². The number of aromatic nitrogens is 2. The molecule has 0 unspecified atom stereocenters. The Bertz CT molecular complexity index is 929. The predicted octanol–water partition coefficient (Wildman–Crippen LogP) is 3.74. The Labute approximate surface area is 149 Å². The molecule has 3 rings (SSSR count). The van der Waals surface area contributed by atoms with Gasteiger partial charge in [0.05, 0.1) is 18.1 Å². The van der Waals surface area contributed by atoms with Crippen LogP contribution in [0, 0.1) is 18.6 Å². The van der Waals surface area contributed by atoms with Crippen LogP contribution < -0.4 is 10.6 Å². The van der Waals surface area contributed by atoms with Crippen LogP contribution in [-0.4, -0.2) is 15.9 Å². The molecule has 0 saturated heterocycles. The van der Waals surface area contributed by atoms with Crippen molar-refractivity contribution in [2.24, 2.45) is 0 Å². The van der Waals surface area contributed by atoms with Crippen LogP contribution in [0.1, 0.15) is 21.6 Å². The number of benzene rings is 2. The molecular weight excluding hydrogens is 338 g/mol. The number of rotatable bonds is 5. The van der Waals surface area contributed by atoms with Crippen LogP contribution in [0.5, 0.6) is 0 Å². The largest absolute Gasteiger partial charge is 0.347 e. The van der Waals surface area contributed by atoms with Crippen molar-refractivity contribution < 1.29 is 13.6 Å². The lowest BCUT2D eigenvalue weighted by molar-refractivity contribution is 0.0945. The topological polar surface area (TPSA) is 66.9 Å². The van der Waals surface area contributed by atoms with Gasteiger partial charge in [-0.1, -0.05) is 24.3 Å². The number of anilines is 2. The first-order valence-corrected chi connectivity index (χ1v) is 7.90. The molecule has 0 radical (unpaired) electrons. The second-order valence-corrected chi connectivity index (χ2v) is 5.65. The zero-order valence-electron chi connectivity index (χ0n) is 14.0. The van der Waals surface area contributed by atoms with E-state index in [2.05, 4.69) is 20.6 Å². The molecule has 0 bridgehead atoms. The number of nitrogens with one attached hydrogen (secondary N) is 2. The van der Waals surface area contributed by atoms with Crippen molar-refractivity contribution in [3.05, 3.63) is 83.3 Å². The Kier molecular flexibility index (Phi) is 5.17. The number of carbonyl (C=O) groups is 1. The van der Waals surface area contributed by atoms with Crippen LogP contribution in [0.3, 0.4) is 0 Å². The van der Waals surface area contributed by atoms with Gasteiger partial charge in [0, 0.05) is 12.6 Å². The number of nitrogens with zero attached hydrogens (tertiary/aromatic N) is 2. The molecule has 0 aliphatic rings. The van der Waals surface area contributed by atoms with Gasteiger partial charge in [0.2, 0.25) is 0 Å². The third-order valence-corrected chi connectivity index (χ3v) is 3.78. The molecule has 0 aliphatic carbocycles. The predicted molar refractivity (Wildman–Crippen MR) is 94.0 cm³/mol. The number of halogens is 2. The SMILES string of the molecule is Cc1ccccc1CNC(=O)c1cnc(Nc2ccc(F)cc2F)cn1. The molecule has 132 valence electrons. The van der Waals surface area contributed by atoms with E-state index in [0.717, 1.165) is 23.3 Å². The van der Waals surface area contributed by atoms with Crippen molar-refractivity contribution in [2.75, 3.05) is 5.32 Å². The Hall–Kier alpha value is -3.35. The van der Waals surface area contributed by atoms with E-state index in [1.807, 2.05) is 31.2 Å². The van der Waals surface area contributed by atoms with Crippen molar-refractivity contribution >= 4 is 17.4 Å². The lowest BCUT2D eigenvalue weighted by atomic mass is 10.1. The third kappa shape index (κ3) is 4.18. The standard InChI is InChI=1S/C19H16F2N4O/c1-12-4-2-3-5-13(12)9-24-19(26)17-10-23-18(11-22-17)25-16-7-6-14(20)8-15(16)21/h2-8,10-11H,9H2,1H3,(H,23,25)(H,24,26). The van der Waals surface area contributed by atoms with Gasteiger partial charge in [-0.25, -0.2) is 18.7 Å². The Balaban J connectivity index is 1.63. The van der Waals surface area contributed by atoms with Gasteiger partial charge < -0.3 is 10.6 Å². The van der Waals surface area contributed by atoms with E-state index in [9.17, 15) is 13.6 Å². The molecule has 0 saturated carbocycles. The van der Waals surface area contributed by atoms with Crippen molar-refractivity contribution in [2.45, 2.75) is 13.5 Å². The first kappa shape index (κ1) is 17.5. The first-order valence-electron chi connectivity index (χ1n) is 7.90. The zero-order chi connectivity index (χ0) is 18.5. The molecule has 3 aromatic rings. The van der Waals surface area contributed by atoms with Crippen LogP contribution in [-0.2, 0) is 6.54 Å². The summed E-state index contributed by atoms with van der Waals surface area (Å²) in [5.41, 5.74) is 2.31. The van der Waals surface area contributed by atoms with E-state index in [-0.39, 0.29) is 23.1 Å². The second kappa shape index (κ2) is 7.69. The van der Waals surface area contributed by atoms with Gasteiger partial charge in [-0.2, -0.15) is 0 Å². The maximum Gasteiger partial charge on any atom is 0.271 e. The highest BCUT2D eigenvalue weighted by Gasteiger charge is 2.10. The molecule has 2 aromatic carbocycles. The zero-order valence-corrected chi connectivity index (χ0v) is 14.0. The maximum atomic E-state index is 13.6. The minimum Gasteiger partial charge on any atom is -0.347 e. The van der Waals surface area contributed by atoms with Gasteiger partial charge in [0.15, 0.2) is 0 Å². The number of aryl methyl sites for hydroxylation is 1. The van der Waals surface area contributed by atoms with Crippen LogP contribution in [0.2, 0.25) is 0 Å². The van der Waals surface area contributed by atoms with Crippen LogP contribution in [0.25, 0.3) is 0 Å². The van der Waals surface area contributed by atoms with E-state index >= 15 is 0 Å². The fraction of sp³-hybridized carbons (Fsp3) is 0.105. The van der Waals surface area contributed by atoms with Gasteiger partial charge in [-0.05, 0) is 30.2 Å². The Morgan fingerprint density at radius 1 is 1.08 bits per heavy atom. The van der Waals surface area contributed by atoms with Gasteiger partial charge in [-0.3, -0.25) is 4.79 Å². The summed E-state index contributed by atoms with van der Waals surface area (Å²) in [6.07, 6.45) is 2.60. The highest BCUT2D eigenvalue weighted by Crippen LogP contribution is 2.18. The maximum absolute atomic E-state index is 13.6. The summed E-state index contributed by atoms with van der Waals surface area (Å²) in [5, 5.41) is 5.46. The molecule has 1 aromatic heterocycles. The highest BCUT2D eigenvalue weighted by molar-refractivity contribution is 5.92. The normalized spacial score (nSPS) is 10.4. The lowest BCUT2D eigenvalue weighted by Gasteiger charge is -2.09. The fourth-order valence-electron chi connectivity index (χ4n) is 2.31. The monoisotopic (exact) mass is 354 g/mol. The molecule has 0 spiro atoms. The minimum atomic E-state index is -0.744. The third-order valence-electron chi connectivity index (χ3n) is 3.78. The van der Waals surface area contributed by atoms with E-state index in [1.54, 1.807) is 0 Å². The van der Waals surface area contributed by atoms with Gasteiger partial charge in [-0.15, -0.1) is 0 Å².